The normalized spacial score (nSPS) is 20.1. The Kier molecular flexibility index (Phi) is 6.82. The molecule has 2 amide bonds. The fourth-order valence-corrected chi connectivity index (χ4v) is 3.53. The summed E-state index contributed by atoms with van der Waals surface area (Å²) in [6.45, 7) is 2.71. The maximum atomic E-state index is 12.4. The number of aliphatic hydroxyl groups excluding tert-OH is 1. The maximum Gasteiger partial charge on any atom is 0.271 e. The summed E-state index contributed by atoms with van der Waals surface area (Å²) in [6.07, 6.45) is 3.57. The molecule has 156 valence electrons. The number of aromatic nitrogens is 3. The first-order chi connectivity index (χ1) is 14.0. The average Bonchev–Trinajstić information content (AvgIpc) is 3.22. The summed E-state index contributed by atoms with van der Waals surface area (Å²) < 4.78 is 1.70. The van der Waals surface area contributed by atoms with Crippen LogP contribution in [0.15, 0.2) is 35.3 Å². The summed E-state index contributed by atoms with van der Waals surface area (Å²) in [6, 6.07) is 6.25. The zero-order chi connectivity index (χ0) is 20.8. The fourth-order valence-electron chi connectivity index (χ4n) is 3.53. The van der Waals surface area contributed by atoms with Crippen LogP contribution < -0.4 is 16.2 Å². The molecule has 2 aromatic rings. The highest BCUT2D eigenvalue weighted by atomic mass is 16.3. The molecule has 1 aliphatic carbocycles. The van der Waals surface area contributed by atoms with E-state index in [9.17, 15) is 19.5 Å². The molecule has 1 fully saturated rings. The van der Waals surface area contributed by atoms with Crippen LogP contribution >= 0.6 is 0 Å². The van der Waals surface area contributed by atoms with Crippen LogP contribution in [-0.2, 0) is 11.3 Å². The Morgan fingerprint density at radius 2 is 2.03 bits per heavy atom. The second-order valence-corrected chi connectivity index (χ2v) is 7.31. The number of rotatable bonds is 7. The van der Waals surface area contributed by atoms with Crippen molar-refractivity contribution in [3.63, 3.8) is 0 Å². The highest BCUT2D eigenvalue weighted by Gasteiger charge is 2.28. The summed E-state index contributed by atoms with van der Waals surface area (Å²) in [7, 11) is 0. The lowest BCUT2D eigenvalue weighted by molar-refractivity contribution is -0.126. The molecule has 0 saturated heterocycles. The van der Waals surface area contributed by atoms with Crippen molar-refractivity contribution in [2.24, 2.45) is 5.92 Å². The number of aliphatic hydroxyl groups is 1. The van der Waals surface area contributed by atoms with Crippen molar-refractivity contribution in [2.75, 3.05) is 6.54 Å². The molecule has 2 heterocycles. The molecular formula is C20H27N5O4. The van der Waals surface area contributed by atoms with Crippen LogP contribution in [0.2, 0.25) is 0 Å². The number of aryl methyl sites for hydroxylation is 1. The van der Waals surface area contributed by atoms with Gasteiger partial charge < -0.3 is 20.7 Å². The van der Waals surface area contributed by atoms with E-state index in [1.807, 2.05) is 6.92 Å². The first kappa shape index (κ1) is 20.8. The van der Waals surface area contributed by atoms with Crippen LogP contribution in [0.1, 0.15) is 54.9 Å². The van der Waals surface area contributed by atoms with Crippen LogP contribution in [0.3, 0.4) is 0 Å². The first-order valence-corrected chi connectivity index (χ1v) is 9.95. The number of pyridine rings is 1. The van der Waals surface area contributed by atoms with E-state index in [-0.39, 0.29) is 35.9 Å². The van der Waals surface area contributed by atoms with E-state index in [0.717, 1.165) is 0 Å². The SMILES string of the molecule is CCn1ccc(C(=O)NC2CCC(C(=O)NCC(O)c3cccc(=O)[nH]3)CC2)n1. The number of nitrogens with zero attached hydrogens (tertiary/aromatic N) is 2. The Morgan fingerprint density at radius 1 is 1.28 bits per heavy atom. The highest BCUT2D eigenvalue weighted by Crippen LogP contribution is 2.25. The predicted octanol–water partition coefficient (Wildman–Crippen LogP) is 0.730. The molecular weight excluding hydrogens is 374 g/mol. The van der Waals surface area contributed by atoms with Gasteiger partial charge in [-0.2, -0.15) is 5.10 Å². The Hall–Kier alpha value is -2.94. The molecule has 1 aliphatic rings. The lowest BCUT2D eigenvalue weighted by Gasteiger charge is -2.28. The van der Waals surface area contributed by atoms with Gasteiger partial charge in [-0.15, -0.1) is 0 Å². The van der Waals surface area contributed by atoms with Crippen LogP contribution in [0, 0.1) is 5.92 Å². The molecule has 29 heavy (non-hydrogen) atoms. The number of carbonyl (C=O) groups excluding carboxylic acids is 2. The number of carbonyl (C=O) groups is 2. The first-order valence-electron chi connectivity index (χ1n) is 9.95. The summed E-state index contributed by atoms with van der Waals surface area (Å²) in [5, 5.41) is 20.1. The quantitative estimate of drug-likeness (QED) is 0.544. The number of hydrogen-bond acceptors (Lipinski definition) is 5. The molecule has 9 heteroatoms. The van der Waals surface area contributed by atoms with Gasteiger partial charge in [-0.3, -0.25) is 19.1 Å². The van der Waals surface area contributed by atoms with Crippen molar-refractivity contribution in [1.29, 1.82) is 0 Å². The Labute approximate surface area is 168 Å². The molecule has 0 aliphatic heterocycles. The van der Waals surface area contributed by atoms with Crippen molar-refractivity contribution >= 4 is 11.8 Å². The van der Waals surface area contributed by atoms with Gasteiger partial charge in [0.05, 0.1) is 0 Å². The second kappa shape index (κ2) is 9.51. The van der Waals surface area contributed by atoms with Crippen LogP contribution in [0.4, 0.5) is 0 Å². The Morgan fingerprint density at radius 3 is 2.69 bits per heavy atom. The fraction of sp³-hybridized carbons (Fsp3) is 0.500. The van der Waals surface area contributed by atoms with E-state index in [0.29, 0.717) is 43.6 Å². The second-order valence-electron chi connectivity index (χ2n) is 7.31. The zero-order valence-electron chi connectivity index (χ0n) is 16.4. The Balaban J connectivity index is 1.42. The summed E-state index contributed by atoms with van der Waals surface area (Å²) in [5.74, 6) is -0.455. The summed E-state index contributed by atoms with van der Waals surface area (Å²) in [4.78, 5) is 38.5. The van der Waals surface area contributed by atoms with Gasteiger partial charge in [0.15, 0.2) is 0 Å². The van der Waals surface area contributed by atoms with Crippen molar-refractivity contribution in [3.8, 4) is 0 Å². The third-order valence-corrected chi connectivity index (χ3v) is 5.25. The summed E-state index contributed by atoms with van der Waals surface area (Å²) in [5.41, 5.74) is 0.476. The number of aromatic amines is 1. The average molecular weight is 401 g/mol. The third kappa shape index (κ3) is 5.54. The van der Waals surface area contributed by atoms with E-state index in [1.165, 1.54) is 6.07 Å². The number of nitrogens with one attached hydrogen (secondary N) is 3. The van der Waals surface area contributed by atoms with Crippen molar-refractivity contribution in [2.45, 2.75) is 51.3 Å². The Bertz CT molecular complexity index is 898. The van der Waals surface area contributed by atoms with Gasteiger partial charge in [-0.1, -0.05) is 6.07 Å². The van der Waals surface area contributed by atoms with Gasteiger partial charge in [0.25, 0.3) is 5.91 Å². The number of H-pyrrole nitrogens is 1. The molecule has 1 unspecified atom stereocenters. The molecule has 0 spiro atoms. The third-order valence-electron chi connectivity index (χ3n) is 5.25. The molecule has 0 radical (unpaired) electrons. The molecule has 9 nitrogen and oxygen atoms in total. The summed E-state index contributed by atoms with van der Waals surface area (Å²) >= 11 is 0. The van der Waals surface area contributed by atoms with Crippen molar-refractivity contribution in [3.05, 3.63) is 52.2 Å². The van der Waals surface area contributed by atoms with E-state index >= 15 is 0 Å². The van der Waals surface area contributed by atoms with Crippen LogP contribution in [0.5, 0.6) is 0 Å². The van der Waals surface area contributed by atoms with Crippen molar-refractivity contribution in [1.82, 2.24) is 25.4 Å². The van der Waals surface area contributed by atoms with Crippen LogP contribution in [0.25, 0.3) is 0 Å². The minimum absolute atomic E-state index is 0.0262. The standard InChI is InChI=1S/C20H27N5O4/c1-2-25-11-10-16(24-25)20(29)22-14-8-6-13(7-9-14)19(28)21-12-17(26)15-4-3-5-18(27)23-15/h3-5,10-11,13-14,17,26H,2,6-9,12H2,1H3,(H,21,28)(H,22,29)(H,23,27). The largest absolute Gasteiger partial charge is 0.385 e. The molecule has 0 bridgehead atoms. The smallest absolute Gasteiger partial charge is 0.271 e. The maximum absolute atomic E-state index is 12.4. The topological polar surface area (TPSA) is 129 Å². The predicted molar refractivity (Wildman–Crippen MR) is 106 cm³/mol. The monoisotopic (exact) mass is 401 g/mol. The molecule has 3 rings (SSSR count). The van der Waals surface area contributed by atoms with Gasteiger partial charge in [-0.05, 0) is 44.7 Å². The minimum atomic E-state index is -0.966. The van der Waals surface area contributed by atoms with Crippen molar-refractivity contribution < 1.29 is 14.7 Å². The van der Waals surface area contributed by atoms with E-state index in [2.05, 4.69) is 20.7 Å². The van der Waals surface area contributed by atoms with E-state index in [4.69, 9.17) is 0 Å². The van der Waals surface area contributed by atoms with Gasteiger partial charge in [-0.25, -0.2) is 0 Å². The van der Waals surface area contributed by atoms with E-state index < -0.39 is 6.10 Å². The molecule has 4 N–H and O–H groups in total. The molecule has 0 aromatic carbocycles. The van der Waals surface area contributed by atoms with Gasteiger partial charge >= 0.3 is 0 Å². The highest BCUT2D eigenvalue weighted by molar-refractivity contribution is 5.92. The lowest BCUT2D eigenvalue weighted by atomic mass is 9.85. The van der Waals surface area contributed by atoms with Gasteiger partial charge in [0.1, 0.15) is 11.8 Å². The van der Waals surface area contributed by atoms with Gasteiger partial charge in [0.2, 0.25) is 11.5 Å². The van der Waals surface area contributed by atoms with E-state index in [1.54, 1.807) is 29.1 Å². The van der Waals surface area contributed by atoms with Gasteiger partial charge in [0, 0.05) is 43.0 Å². The minimum Gasteiger partial charge on any atom is -0.385 e. The number of amides is 2. The molecule has 1 atom stereocenters. The molecule has 1 saturated carbocycles. The zero-order valence-corrected chi connectivity index (χ0v) is 16.4. The molecule has 2 aromatic heterocycles. The van der Waals surface area contributed by atoms with Crippen LogP contribution in [-0.4, -0.2) is 44.3 Å². The lowest BCUT2D eigenvalue weighted by Crippen LogP contribution is -2.41. The number of hydrogen-bond donors (Lipinski definition) is 4.